The zero-order valence-corrected chi connectivity index (χ0v) is 16.2. The molecule has 2 aliphatic rings. The number of cyclic esters (lactones) is 1. The fourth-order valence-electron chi connectivity index (χ4n) is 4.40. The molecule has 1 aromatic rings. The number of carbonyl (C=O) groups is 3. The highest BCUT2D eigenvalue weighted by Gasteiger charge is 2.41. The molecule has 1 aromatic carbocycles. The maximum atomic E-state index is 13.1. The van der Waals surface area contributed by atoms with Gasteiger partial charge in [-0.2, -0.15) is 0 Å². The van der Waals surface area contributed by atoms with Crippen molar-refractivity contribution in [3.8, 4) is 0 Å². The van der Waals surface area contributed by atoms with Crippen LogP contribution in [0.1, 0.15) is 56.9 Å². The Bertz CT molecular complexity index is 683. The first-order valence-corrected chi connectivity index (χ1v) is 10.3. The Morgan fingerprint density at radius 1 is 1.14 bits per heavy atom. The Morgan fingerprint density at radius 3 is 2.54 bits per heavy atom. The van der Waals surface area contributed by atoms with Crippen molar-refractivity contribution in [1.29, 1.82) is 0 Å². The number of carboxylic acid groups (broad SMARTS) is 1. The van der Waals surface area contributed by atoms with Gasteiger partial charge >= 0.3 is 12.1 Å². The van der Waals surface area contributed by atoms with Crippen molar-refractivity contribution in [2.75, 3.05) is 6.61 Å². The van der Waals surface area contributed by atoms with E-state index in [1.54, 1.807) is 0 Å². The smallest absolute Gasteiger partial charge is 0.416 e. The van der Waals surface area contributed by atoms with Crippen molar-refractivity contribution >= 4 is 18.0 Å². The minimum Gasteiger partial charge on any atom is -0.481 e. The summed E-state index contributed by atoms with van der Waals surface area (Å²) in [6, 6.07) is 9.25. The lowest BCUT2D eigenvalue weighted by atomic mass is 9.83. The van der Waals surface area contributed by atoms with E-state index >= 15 is 0 Å². The first kappa shape index (κ1) is 20.4. The molecule has 152 valence electrons. The van der Waals surface area contributed by atoms with Gasteiger partial charge < -0.3 is 9.84 Å². The second-order valence-corrected chi connectivity index (χ2v) is 8.00. The lowest BCUT2D eigenvalue weighted by Crippen LogP contribution is -2.44. The van der Waals surface area contributed by atoms with Crippen LogP contribution in [0.4, 0.5) is 4.79 Å². The summed E-state index contributed by atoms with van der Waals surface area (Å²) >= 11 is 0. The number of hydrogen-bond acceptors (Lipinski definition) is 4. The van der Waals surface area contributed by atoms with E-state index in [4.69, 9.17) is 4.74 Å². The number of carbonyl (C=O) groups excluding carboxylic acids is 2. The maximum Gasteiger partial charge on any atom is 0.416 e. The van der Waals surface area contributed by atoms with E-state index in [9.17, 15) is 19.5 Å². The van der Waals surface area contributed by atoms with Gasteiger partial charge in [-0.15, -0.1) is 0 Å². The van der Waals surface area contributed by atoms with Gasteiger partial charge in [-0.05, 0) is 30.7 Å². The van der Waals surface area contributed by atoms with Crippen LogP contribution in [-0.4, -0.2) is 40.6 Å². The van der Waals surface area contributed by atoms with E-state index in [2.05, 4.69) is 0 Å². The second-order valence-electron chi connectivity index (χ2n) is 8.00. The Balaban J connectivity index is 1.67. The molecule has 6 nitrogen and oxygen atoms in total. The molecule has 1 aliphatic carbocycles. The first-order valence-electron chi connectivity index (χ1n) is 10.3. The van der Waals surface area contributed by atoms with Crippen LogP contribution >= 0.6 is 0 Å². The third-order valence-corrected chi connectivity index (χ3v) is 5.93. The third-order valence-electron chi connectivity index (χ3n) is 5.93. The molecule has 1 N–H and O–H groups in total. The average molecular weight is 387 g/mol. The van der Waals surface area contributed by atoms with E-state index in [-0.39, 0.29) is 19.1 Å². The number of imide groups is 1. The van der Waals surface area contributed by atoms with Gasteiger partial charge in [0.15, 0.2) is 0 Å². The Kier molecular flexibility index (Phi) is 7.06. The lowest BCUT2D eigenvalue weighted by molar-refractivity contribution is -0.144. The quantitative estimate of drug-likeness (QED) is 0.728. The zero-order valence-electron chi connectivity index (χ0n) is 16.2. The molecule has 2 fully saturated rings. The maximum absolute atomic E-state index is 13.1. The fraction of sp³-hybridized carbons (Fsp3) is 0.591. The SMILES string of the molecule is O=C(O)C[C@@H](CCC1CCCCC1)C(=O)N1C(=O)OC[C@@H]1Cc1ccccc1. The van der Waals surface area contributed by atoms with Gasteiger partial charge in [0.1, 0.15) is 6.61 Å². The molecule has 6 heteroatoms. The molecule has 0 radical (unpaired) electrons. The largest absolute Gasteiger partial charge is 0.481 e. The average Bonchev–Trinajstić information content (AvgIpc) is 3.06. The highest BCUT2D eigenvalue weighted by molar-refractivity contribution is 5.96. The summed E-state index contributed by atoms with van der Waals surface area (Å²) in [6.45, 7) is 0.155. The Hall–Kier alpha value is -2.37. The topological polar surface area (TPSA) is 83.9 Å². The van der Waals surface area contributed by atoms with E-state index in [1.807, 2.05) is 30.3 Å². The summed E-state index contributed by atoms with van der Waals surface area (Å²) in [4.78, 5) is 37.9. The van der Waals surface area contributed by atoms with Crippen molar-refractivity contribution < 1.29 is 24.2 Å². The van der Waals surface area contributed by atoms with Crippen molar-refractivity contribution in [2.24, 2.45) is 11.8 Å². The number of rotatable bonds is 8. The molecule has 0 bridgehead atoms. The number of nitrogens with zero attached hydrogens (tertiary/aromatic N) is 1. The standard InChI is InChI=1S/C22H29NO5/c24-20(25)14-18(12-11-16-7-3-1-4-8-16)21(26)23-19(15-28-22(23)27)13-17-9-5-2-6-10-17/h2,5-6,9-10,16,18-19H,1,3-4,7-8,11-15H2,(H,24,25)/t18-,19+/m1/s1. The van der Waals surface area contributed by atoms with Crippen LogP contribution in [0.5, 0.6) is 0 Å². The third kappa shape index (κ3) is 5.33. The summed E-state index contributed by atoms with van der Waals surface area (Å²) in [5.74, 6) is -1.53. The van der Waals surface area contributed by atoms with Gasteiger partial charge in [-0.25, -0.2) is 9.69 Å². The van der Waals surface area contributed by atoms with Gasteiger partial charge in [0, 0.05) is 5.92 Å². The van der Waals surface area contributed by atoms with Crippen molar-refractivity contribution in [2.45, 2.75) is 63.8 Å². The number of carboxylic acids is 1. The molecule has 2 atom stereocenters. The van der Waals surface area contributed by atoms with E-state index in [0.29, 0.717) is 18.8 Å². The van der Waals surface area contributed by atoms with Gasteiger partial charge in [0.2, 0.25) is 5.91 Å². The Labute approximate surface area is 165 Å². The molecule has 0 spiro atoms. The van der Waals surface area contributed by atoms with Gasteiger partial charge in [0.05, 0.1) is 12.5 Å². The summed E-state index contributed by atoms with van der Waals surface area (Å²) in [6.07, 6.45) is 6.95. The lowest BCUT2D eigenvalue weighted by Gasteiger charge is -2.26. The van der Waals surface area contributed by atoms with Crippen LogP contribution in [0.15, 0.2) is 30.3 Å². The van der Waals surface area contributed by atoms with Crippen LogP contribution in [0.3, 0.4) is 0 Å². The van der Waals surface area contributed by atoms with E-state index in [0.717, 1.165) is 24.8 Å². The van der Waals surface area contributed by atoms with Crippen LogP contribution in [0, 0.1) is 11.8 Å². The molecular weight excluding hydrogens is 358 g/mol. The molecule has 2 amide bonds. The van der Waals surface area contributed by atoms with Gasteiger partial charge in [-0.1, -0.05) is 62.4 Å². The normalized spacial score (nSPS) is 21.4. The number of amides is 2. The van der Waals surface area contributed by atoms with Gasteiger partial charge in [-0.3, -0.25) is 9.59 Å². The number of aliphatic carboxylic acids is 1. The highest BCUT2D eigenvalue weighted by Crippen LogP contribution is 2.31. The second kappa shape index (κ2) is 9.71. The van der Waals surface area contributed by atoms with Crippen LogP contribution < -0.4 is 0 Å². The molecule has 28 heavy (non-hydrogen) atoms. The van der Waals surface area contributed by atoms with E-state index < -0.39 is 23.9 Å². The monoisotopic (exact) mass is 387 g/mol. The van der Waals surface area contributed by atoms with Crippen LogP contribution in [0.2, 0.25) is 0 Å². The fourth-order valence-corrected chi connectivity index (χ4v) is 4.40. The molecule has 1 saturated carbocycles. The van der Waals surface area contributed by atoms with Crippen molar-refractivity contribution in [3.05, 3.63) is 35.9 Å². The first-order chi connectivity index (χ1) is 13.5. The number of benzene rings is 1. The van der Waals surface area contributed by atoms with E-state index in [1.165, 1.54) is 24.2 Å². The number of ether oxygens (including phenoxy) is 1. The summed E-state index contributed by atoms with van der Waals surface area (Å²) < 4.78 is 5.14. The minimum atomic E-state index is -1.01. The van der Waals surface area contributed by atoms with Gasteiger partial charge in [0.25, 0.3) is 0 Å². The molecule has 1 saturated heterocycles. The summed E-state index contributed by atoms with van der Waals surface area (Å²) in [5.41, 5.74) is 1.01. The molecule has 1 aliphatic heterocycles. The highest BCUT2D eigenvalue weighted by atomic mass is 16.6. The predicted octanol–water partition coefficient (Wildman–Crippen LogP) is 4.03. The zero-order chi connectivity index (χ0) is 19.9. The molecule has 1 heterocycles. The number of hydrogen-bond donors (Lipinski definition) is 1. The van der Waals surface area contributed by atoms with Crippen molar-refractivity contribution in [1.82, 2.24) is 4.90 Å². The summed E-state index contributed by atoms with van der Waals surface area (Å²) in [5, 5.41) is 9.29. The molecular formula is C22H29NO5. The summed E-state index contributed by atoms with van der Waals surface area (Å²) in [7, 11) is 0. The molecule has 3 rings (SSSR count). The van der Waals surface area contributed by atoms with Crippen molar-refractivity contribution in [3.63, 3.8) is 0 Å². The predicted molar refractivity (Wildman–Crippen MR) is 104 cm³/mol. The molecule has 0 aromatic heterocycles. The van der Waals surface area contributed by atoms with Crippen LogP contribution in [-0.2, 0) is 20.7 Å². The minimum absolute atomic E-state index is 0.155. The van der Waals surface area contributed by atoms with Crippen LogP contribution in [0.25, 0.3) is 0 Å². The molecule has 0 unspecified atom stereocenters. The Morgan fingerprint density at radius 2 is 1.86 bits per heavy atom.